The van der Waals surface area contributed by atoms with Crippen LogP contribution in [0.3, 0.4) is 0 Å². The van der Waals surface area contributed by atoms with Crippen molar-refractivity contribution in [1.82, 2.24) is 4.90 Å². The van der Waals surface area contributed by atoms with E-state index in [4.69, 9.17) is 11.5 Å². The highest BCUT2D eigenvalue weighted by Gasteiger charge is 2.40. The average Bonchev–Trinajstić information content (AvgIpc) is 2.77. The third kappa shape index (κ3) is 2.63. The summed E-state index contributed by atoms with van der Waals surface area (Å²) in [7, 11) is 0. The van der Waals surface area contributed by atoms with Crippen LogP contribution in [0.5, 0.6) is 0 Å². The fraction of sp³-hybridized carbons (Fsp3) is 0.923. The average molecular weight is 239 g/mol. The smallest absolute Gasteiger partial charge is 0.237 e. The van der Waals surface area contributed by atoms with E-state index in [-0.39, 0.29) is 5.91 Å². The van der Waals surface area contributed by atoms with Crippen LogP contribution in [0.25, 0.3) is 0 Å². The van der Waals surface area contributed by atoms with Gasteiger partial charge in [-0.05, 0) is 44.6 Å². The maximum Gasteiger partial charge on any atom is 0.237 e. The van der Waals surface area contributed by atoms with E-state index in [0.29, 0.717) is 6.04 Å². The zero-order chi connectivity index (χ0) is 12.5. The van der Waals surface area contributed by atoms with Gasteiger partial charge in [0, 0.05) is 12.6 Å². The van der Waals surface area contributed by atoms with E-state index in [1.165, 1.54) is 25.8 Å². The Kier molecular flexibility index (Phi) is 3.73. The van der Waals surface area contributed by atoms with E-state index in [0.717, 1.165) is 31.7 Å². The monoisotopic (exact) mass is 239 g/mol. The van der Waals surface area contributed by atoms with Crippen molar-refractivity contribution < 1.29 is 4.79 Å². The van der Waals surface area contributed by atoms with Crippen LogP contribution >= 0.6 is 0 Å². The van der Waals surface area contributed by atoms with Crippen LogP contribution in [0.1, 0.15) is 45.4 Å². The normalized spacial score (nSPS) is 39.4. The first kappa shape index (κ1) is 12.8. The maximum absolute atomic E-state index is 11.4. The van der Waals surface area contributed by atoms with E-state index in [9.17, 15) is 4.79 Å². The number of primary amides is 1. The van der Waals surface area contributed by atoms with Crippen molar-refractivity contribution in [3.8, 4) is 0 Å². The molecule has 3 atom stereocenters. The number of carbonyl (C=O) groups is 1. The van der Waals surface area contributed by atoms with Crippen LogP contribution in [-0.4, -0.2) is 35.5 Å². The lowest BCUT2D eigenvalue weighted by Crippen LogP contribution is -2.58. The van der Waals surface area contributed by atoms with E-state index in [1.807, 2.05) is 0 Å². The molecule has 4 nitrogen and oxygen atoms in total. The highest BCUT2D eigenvalue weighted by Crippen LogP contribution is 2.32. The third-order valence-electron chi connectivity index (χ3n) is 4.66. The van der Waals surface area contributed by atoms with E-state index in [2.05, 4.69) is 11.8 Å². The summed E-state index contributed by atoms with van der Waals surface area (Å²) in [6.45, 7) is 4.60. The summed E-state index contributed by atoms with van der Waals surface area (Å²) in [5, 5.41) is 0. The lowest BCUT2D eigenvalue weighted by molar-refractivity contribution is -0.125. The predicted molar refractivity (Wildman–Crippen MR) is 68.3 cm³/mol. The highest BCUT2D eigenvalue weighted by atomic mass is 16.1. The molecule has 2 rings (SSSR count). The minimum absolute atomic E-state index is 0.326. The van der Waals surface area contributed by atoms with Crippen molar-refractivity contribution in [2.24, 2.45) is 17.4 Å². The third-order valence-corrected chi connectivity index (χ3v) is 4.66. The zero-order valence-electron chi connectivity index (χ0n) is 10.8. The fourth-order valence-corrected chi connectivity index (χ4v) is 3.34. The zero-order valence-corrected chi connectivity index (χ0v) is 10.8. The second-order valence-electron chi connectivity index (χ2n) is 5.83. The number of nitrogens with two attached hydrogens (primary N) is 2. The SMILES string of the molecule is CCC1CCN(C2CCCC(N)(C(N)=O)C2)C1. The van der Waals surface area contributed by atoms with Gasteiger partial charge in [-0.2, -0.15) is 0 Å². The Morgan fingerprint density at radius 3 is 2.82 bits per heavy atom. The van der Waals surface area contributed by atoms with Gasteiger partial charge in [-0.15, -0.1) is 0 Å². The Labute approximate surface area is 104 Å². The number of hydrogen-bond donors (Lipinski definition) is 2. The Balaban J connectivity index is 1.96. The van der Waals surface area contributed by atoms with Gasteiger partial charge in [-0.3, -0.25) is 4.79 Å². The molecule has 1 aliphatic heterocycles. The van der Waals surface area contributed by atoms with Crippen molar-refractivity contribution in [3.05, 3.63) is 0 Å². The molecule has 1 aliphatic carbocycles. The number of likely N-dealkylation sites (tertiary alicyclic amines) is 1. The first-order valence-electron chi connectivity index (χ1n) is 6.88. The minimum Gasteiger partial charge on any atom is -0.368 e. The molecule has 0 aromatic rings. The van der Waals surface area contributed by atoms with Gasteiger partial charge in [-0.1, -0.05) is 13.3 Å². The van der Waals surface area contributed by atoms with Gasteiger partial charge in [0.15, 0.2) is 0 Å². The molecular weight excluding hydrogens is 214 g/mol. The quantitative estimate of drug-likeness (QED) is 0.766. The standard InChI is InChI=1S/C13H25N3O/c1-2-10-5-7-16(9-10)11-4-3-6-13(15,8-11)12(14)17/h10-11H,2-9,15H2,1H3,(H2,14,17). The molecule has 0 spiro atoms. The first-order chi connectivity index (χ1) is 8.05. The molecule has 0 radical (unpaired) electrons. The Hall–Kier alpha value is -0.610. The predicted octanol–water partition coefficient (Wildman–Crippen LogP) is 0.844. The van der Waals surface area contributed by atoms with Crippen LogP contribution in [-0.2, 0) is 4.79 Å². The molecule has 1 saturated carbocycles. The number of nitrogens with zero attached hydrogens (tertiary/aromatic N) is 1. The molecule has 1 heterocycles. The molecule has 4 heteroatoms. The molecule has 1 saturated heterocycles. The van der Waals surface area contributed by atoms with Gasteiger partial charge in [0.2, 0.25) is 5.91 Å². The summed E-state index contributed by atoms with van der Waals surface area (Å²) in [6, 6.07) is 0.470. The van der Waals surface area contributed by atoms with Crippen LogP contribution in [0, 0.1) is 5.92 Å². The maximum atomic E-state index is 11.4. The van der Waals surface area contributed by atoms with E-state index < -0.39 is 5.54 Å². The Bertz CT molecular complexity index is 294. The van der Waals surface area contributed by atoms with Crippen molar-refractivity contribution in [3.63, 3.8) is 0 Å². The molecule has 1 amide bonds. The molecule has 0 aromatic heterocycles. The molecule has 3 unspecified atom stereocenters. The van der Waals surface area contributed by atoms with Gasteiger partial charge in [0.05, 0.1) is 5.54 Å². The number of amides is 1. The minimum atomic E-state index is -0.757. The molecule has 0 bridgehead atoms. The summed E-state index contributed by atoms with van der Waals surface area (Å²) in [5.74, 6) is 0.506. The molecule has 0 aromatic carbocycles. The van der Waals surface area contributed by atoms with Crippen LogP contribution in [0.4, 0.5) is 0 Å². The van der Waals surface area contributed by atoms with Crippen LogP contribution in [0.15, 0.2) is 0 Å². The summed E-state index contributed by atoms with van der Waals surface area (Å²) in [4.78, 5) is 14.0. The second kappa shape index (κ2) is 4.94. The fourth-order valence-electron chi connectivity index (χ4n) is 3.34. The molecule has 4 N–H and O–H groups in total. The van der Waals surface area contributed by atoms with E-state index >= 15 is 0 Å². The Morgan fingerprint density at radius 1 is 1.47 bits per heavy atom. The molecule has 2 fully saturated rings. The molecule has 2 aliphatic rings. The summed E-state index contributed by atoms with van der Waals surface area (Å²) in [6.07, 6.45) is 6.25. The molecule has 98 valence electrons. The lowest BCUT2D eigenvalue weighted by Gasteiger charge is -2.39. The van der Waals surface area contributed by atoms with Gasteiger partial charge in [0.25, 0.3) is 0 Å². The van der Waals surface area contributed by atoms with Crippen molar-refractivity contribution in [2.75, 3.05) is 13.1 Å². The molecule has 17 heavy (non-hydrogen) atoms. The van der Waals surface area contributed by atoms with Crippen LogP contribution in [0.2, 0.25) is 0 Å². The number of hydrogen-bond acceptors (Lipinski definition) is 3. The van der Waals surface area contributed by atoms with E-state index in [1.54, 1.807) is 0 Å². The largest absolute Gasteiger partial charge is 0.368 e. The number of rotatable bonds is 3. The van der Waals surface area contributed by atoms with Gasteiger partial charge < -0.3 is 16.4 Å². The van der Waals surface area contributed by atoms with Gasteiger partial charge in [-0.25, -0.2) is 0 Å². The second-order valence-corrected chi connectivity index (χ2v) is 5.83. The van der Waals surface area contributed by atoms with Crippen molar-refractivity contribution in [2.45, 2.75) is 57.0 Å². The number of carbonyl (C=O) groups excluding carboxylic acids is 1. The van der Waals surface area contributed by atoms with Gasteiger partial charge >= 0.3 is 0 Å². The van der Waals surface area contributed by atoms with Crippen molar-refractivity contribution in [1.29, 1.82) is 0 Å². The summed E-state index contributed by atoms with van der Waals surface area (Å²) in [5.41, 5.74) is 10.8. The summed E-state index contributed by atoms with van der Waals surface area (Å²) >= 11 is 0. The van der Waals surface area contributed by atoms with Crippen LogP contribution < -0.4 is 11.5 Å². The van der Waals surface area contributed by atoms with Gasteiger partial charge in [0.1, 0.15) is 0 Å². The molecular formula is C13H25N3O. The summed E-state index contributed by atoms with van der Waals surface area (Å²) < 4.78 is 0. The Morgan fingerprint density at radius 2 is 2.24 bits per heavy atom. The lowest BCUT2D eigenvalue weighted by atomic mass is 9.78. The highest BCUT2D eigenvalue weighted by molar-refractivity contribution is 5.84. The topological polar surface area (TPSA) is 72.3 Å². The van der Waals surface area contributed by atoms with Crippen molar-refractivity contribution >= 4 is 5.91 Å². The first-order valence-corrected chi connectivity index (χ1v) is 6.88.